The Bertz CT molecular complexity index is 1680. The van der Waals surface area contributed by atoms with Crippen LogP contribution in [0.25, 0.3) is 11.2 Å². The van der Waals surface area contributed by atoms with Crippen molar-refractivity contribution in [2.75, 3.05) is 24.6 Å². The van der Waals surface area contributed by atoms with Crippen LogP contribution >= 0.6 is 0 Å². The highest BCUT2D eigenvalue weighted by molar-refractivity contribution is 5.89. The number of hydrogen-bond donors (Lipinski definition) is 1. The van der Waals surface area contributed by atoms with E-state index in [4.69, 9.17) is 24.1 Å². The van der Waals surface area contributed by atoms with Crippen LogP contribution in [0.4, 0.5) is 10.2 Å². The van der Waals surface area contributed by atoms with Crippen LogP contribution in [-0.4, -0.2) is 51.4 Å². The Morgan fingerprint density at radius 2 is 2.05 bits per heavy atom. The van der Waals surface area contributed by atoms with Crippen LogP contribution in [0.2, 0.25) is 0 Å². The zero-order valence-corrected chi connectivity index (χ0v) is 22.3. The summed E-state index contributed by atoms with van der Waals surface area (Å²) in [6.45, 7) is 3.05. The number of hydrogen-bond acceptors (Lipinski definition) is 8. The van der Waals surface area contributed by atoms with Gasteiger partial charge in [0.1, 0.15) is 29.6 Å². The number of anilines is 1. The minimum absolute atomic E-state index is 0.0220. The number of carboxylic acid groups (broad SMARTS) is 1. The molecule has 210 valence electrons. The van der Waals surface area contributed by atoms with Gasteiger partial charge < -0.3 is 23.9 Å². The molecule has 2 aliphatic heterocycles. The van der Waals surface area contributed by atoms with E-state index >= 15 is 0 Å². The molecule has 3 aliphatic rings. The number of carboxylic acids is 1. The SMILES string of the molecule is N#Cc1ccc(COc2cccc(N3CCC4(CC3)CC4c3nc4cc(C(=O)O)oc4n3C[C@@H]3CCO3)n2)c(F)c1. The molecule has 0 bridgehead atoms. The molecule has 1 spiro atoms. The Hall–Kier alpha value is -4.43. The van der Waals surface area contributed by atoms with Crippen molar-refractivity contribution >= 4 is 23.0 Å². The van der Waals surface area contributed by atoms with Crippen LogP contribution in [0.3, 0.4) is 0 Å². The van der Waals surface area contributed by atoms with Gasteiger partial charge in [-0.15, -0.1) is 0 Å². The molecule has 0 radical (unpaired) electrons. The molecule has 4 aromatic rings. The quantitative estimate of drug-likeness (QED) is 0.323. The molecule has 3 aromatic heterocycles. The summed E-state index contributed by atoms with van der Waals surface area (Å²) < 4.78 is 33.4. The molecule has 1 N–H and O–H groups in total. The fourth-order valence-corrected chi connectivity index (χ4v) is 6.11. The van der Waals surface area contributed by atoms with Crippen LogP contribution < -0.4 is 9.64 Å². The maximum Gasteiger partial charge on any atom is 0.371 e. The number of imidazole rings is 1. The van der Waals surface area contributed by atoms with E-state index in [1.54, 1.807) is 18.2 Å². The molecular formula is C30H28FN5O5. The molecule has 1 aliphatic carbocycles. The third kappa shape index (κ3) is 4.68. The number of piperidine rings is 1. The van der Waals surface area contributed by atoms with Gasteiger partial charge in [-0.3, -0.25) is 4.57 Å². The smallest absolute Gasteiger partial charge is 0.371 e. The molecule has 1 aromatic carbocycles. The van der Waals surface area contributed by atoms with Crippen molar-refractivity contribution in [1.82, 2.24) is 14.5 Å². The number of nitrogens with zero attached hydrogens (tertiary/aromatic N) is 5. The summed E-state index contributed by atoms with van der Waals surface area (Å²) in [6, 6.07) is 13.4. The summed E-state index contributed by atoms with van der Waals surface area (Å²) in [6.07, 6.45) is 4.05. The first-order valence-electron chi connectivity index (χ1n) is 13.8. The standard InChI is InChI=1S/C30H28FN5O5/c31-22-12-18(15-32)4-5-19(22)17-40-26-3-1-2-25(34-26)35-9-7-30(8-10-35)14-21(30)27-33-23-13-24(29(37)38)41-28(23)36(27)16-20-6-11-39-20/h1-5,12-13,20-21H,6-11,14,16-17H2,(H,37,38)/t20-,21?/m0/s1. The molecule has 7 rings (SSSR count). The third-order valence-electron chi connectivity index (χ3n) is 8.69. The number of nitriles is 1. The van der Waals surface area contributed by atoms with E-state index in [1.165, 1.54) is 12.1 Å². The van der Waals surface area contributed by atoms with Gasteiger partial charge in [-0.05, 0) is 49.3 Å². The minimum atomic E-state index is -1.10. The monoisotopic (exact) mass is 557 g/mol. The molecule has 2 atom stereocenters. The van der Waals surface area contributed by atoms with E-state index in [-0.39, 0.29) is 35.4 Å². The lowest BCUT2D eigenvalue weighted by Gasteiger charge is -2.34. The molecule has 41 heavy (non-hydrogen) atoms. The lowest BCUT2D eigenvalue weighted by atomic mass is 9.90. The second-order valence-electron chi connectivity index (χ2n) is 11.1. The number of aromatic carboxylic acids is 1. The van der Waals surface area contributed by atoms with Crippen LogP contribution in [-0.2, 0) is 17.9 Å². The maximum absolute atomic E-state index is 14.2. The number of halogens is 1. The first-order valence-corrected chi connectivity index (χ1v) is 13.8. The average molecular weight is 558 g/mol. The molecule has 11 heteroatoms. The van der Waals surface area contributed by atoms with Crippen molar-refractivity contribution in [2.45, 2.75) is 50.9 Å². The van der Waals surface area contributed by atoms with Crippen LogP contribution in [0.5, 0.6) is 5.88 Å². The van der Waals surface area contributed by atoms with E-state index in [0.717, 1.165) is 57.0 Å². The van der Waals surface area contributed by atoms with Gasteiger partial charge in [0.15, 0.2) is 0 Å². The summed E-state index contributed by atoms with van der Waals surface area (Å²) in [4.78, 5) is 23.2. The van der Waals surface area contributed by atoms with Gasteiger partial charge >= 0.3 is 5.97 Å². The van der Waals surface area contributed by atoms with Crippen LogP contribution in [0.1, 0.15) is 59.1 Å². The second-order valence-corrected chi connectivity index (χ2v) is 11.1. The Labute approximate surface area is 234 Å². The van der Waals surface area contributed by atoms with Gasteiger partial charge in [0.05, 0.1) is 24.3 Å². The fraction of sp³-hybridized carbons (Fsp3) is 0.400. The normalized spacial score (nSPS) is 21.0. The molecule has 1 saturated carbocycles. The van der Waals surface area contributed by atoms with E-state index in [9.17, 15) is 14.3 Å². The Morgan fingerprint density at radius 1 is 1.22 bits per heavy atom. The number of pyridine rings is 1. The summed E-state index contributed by atoms with van der Waals surface area (Å²) in [5.41, 5.74) is 1.87. The fourth-order valence-electron chi connectivity index (χ4n) is 6.11. The number of furan rings is 1. The summed E-state index contributed by atoms with van der Waals surface area (Å²) in [7, 11) is 0. The van der Waals surface area contributed by atoms with Gasteiger partial charge in [0.25, 0.3) is 0 Å². The number of rotatable bonds is 8. The van der Waals surface area contributed by atoms with E-state index < -0.39 is 11.8 Å². The Morgan fingerprint density at radius 3 is 2.76 bits per heavy atom. The molecule has 10 nitrogen and oxygen atoms in total. The highest BCUT2D eigenvalue weighted by Crippen LogP contribution is 2.65. The lowest BCUT2D eigenvalue weighted by molar-refractivity contribution is -0.0594. The lowest BCUT2D eigenvalue weighted by Crippen LogP contribution is -2.36. The number of benzene rings is 1. The second kappa shape index (κ2) is 9.89. The van der Waals surface area contributed by atoms with E-state index in [2.05, 4.69) is 9.88 Å². The van der Waals surface area contributed by atoms with Gasteiger partial charge in [-0.2, -0.15) is 10.2 Å². The van der Waals surface area contributed by atoms with Crippen molar-refractivity contribution in [2.24, 2.45) is 5.41 Å². The number of carbonyl (C=O) groups is 1. The summed E-state index contributed by atoms with van der Waals surface area (Å²) in [5, 5.41) is 18.3. The van der Waals surface area contributed by atoms with Gasteiger partial charge in [-0.1, -0.05) is 12.1 Å². The average Bonchev–Trinajstić information content (AvgIpc) is 3.30. The first kappa shape index (κ1) is 25.5. The van der Waals surface area contributed by atoms with E-state index in [1.807, 2.05) is 22.8 Å². The number of aromatic nitrogens is 3. The zero-order valence-electron chi connectivity index (χ0n) is 22.3. The molecule has 0 amide bonds. The van der Waals surface area contributed by atoms with Gasteiger partial charge in [0.2, 0.25) is 17.4 Å². The van der Waals surface area contributed by atoms with Gasteiger partial charge in [-0.25, -0.2) is 14.2 Å². The topological polar surface area (TPSA) is 127 Å². The summed E-state index contributed by atoms with van der Waals surface area (Å²) in [5.74, 6) is 0.800. The van der Waals surface area contributed by atoms with Crippen LogP contribution in [0, 0.1) is 22.6 Å². The zero-order chi connectivity index (χ0) is 28.1. The van der Waals surface area contributed by atoms with Crippen molar-refractivity contribution < 1.29 is 28.2 Å². The molecule has 2 saturated heterocycles. The Balaban J connectivity index is 1.02. The molecule has 5 heterocycles. The molecule has 1 unspecified atom stereocenters. The highest BCUT2D eigenvalue weighted by atomic mass is 19.1. The largest absolute Gasteiger partial charge is 0.475 e. The van der Waals surface area contributed by atoms with Crippen molar-refractivity contribution in [1.29, 1.82) is 5.26 Å². The number of ether oxygens (including phenoxy) is 2. The predicted octanol–water partition coefficient (Wildman–Crippen LogP) is 4.88. The Kier molecular flexibility index (Phi) is 6.16. The third-order valence-corrected chi connectivity index (χ3v) is 8.69. The number of fused-ring (bicyclic) bond motifs is 1. The predicted molar refractivity (Wildman–Crippen MR) is 144 cm³/mol. The van der Waals surface area contributed by atoms with Crippen molar-refractivity contribution in [3.8, 4) is 11.9 Å². The maximum atomic E-state index is 14.2. The minimum Gasteiger partial charge on any atom is -0.475 e. The molecular weight excluding hydrogens is 529 g/mol. The summed E-state index contributed by atoms with van der Waals surface area (Å²) >= 11 is 0. The van der Waals surface area contributed by atoms with Crippen LogP contribution in [0.15, 0.2) is 46.9 Å². The van der Waals surface area contributed by atoms with Crippen molar-refractivity contribution in [3.63, 3.8) is 0 Å². The first-order chi connectivity index (χ1) is 19.9. The highest BCUT2D eigenvalue weighted by Gasteiger charge is 2.57. The molecule has 3 fully saturated rings. The van der Waals surface area contributed by atoms with E-state index in [0.29, 0.717) is 29.2 Å². The van der Waals surface area contributed by atoms with Crippen molar-refractivity contribution in [3.05, 3.63) is 71.0 Å². The van der Waals surface area contributed by atoms with Gasteiger partial charge in [0, 0.05) is 43.3 Å².